The lowest BCUT2D eigenvalue weighted by atomic mass is 9.96. The maximum Gasteiger partial charge on any atom is 0.269 e. The molecule has 0 spiro atoms. The molecule has 2 aliphatic rings. The first-order valence-electron chi connectivity index (χ1n) is 11.6. The highest BCUT2D eigenvalue weighted by atomic mass is 16.1. The molecule has 2 saturated heterocycles. The average molecular weight is 462 g/mol. The Morgan fingerprint density at radius 2 is 2.12 bits per heavy atom. The number of carbonyl (C=O) groups is 1. The molecule has 1 amide bonds. The van der Waals surface area contributed by atoms with E-state index in [2.05, 4.69) is 48.8 Å². The van der Waals surface area contributed by atoms with Crippen molar-refractivity contribution in [2.75, 3.05) is 24.2 Å². The molecule has 0 aliphatic carbocycles. The van der Waals surface area contributed by atoms with Gasteiger partial charge in [0.05, 0.1) is 11.8 Å². The van der Waals surface area contributed by atoms with Gasteiger partial charge < -0.3 is 16.0 Å². The van der Waals surface area contributed by atoms with Crippen molar-refractivity contribution in [1.29, 1.82) is 5.26 Å². The first kappa shape index (κ1) is 23.4. The molecule has 0 aromatic carbocycles. The lowest BCUT2D eigenvalue weighted by Crippen LogP contribution is -2.47. The van der Waals surface area contributed by atoms with E-state index >= 15 is 0 Å². The van der Waals surface area contributed by atoms with Gasteiger partial charge >= 0.3 is 0 Å². The predicted octanol–water partition coefficient (Wildman–Crippen LogP) is 3.59. The minimum Gasteiger partial charge on any atom is -0.367 e. The highest BCUT2D eigenvalue weighted by Gasteiger charge is 2.40. The standard InChI is InChI=1S/C24H31N9O/c1-4-6-18-19(26-2)13-21(29-22-14-20(31-32-22)24(34)27-3)30-23(18)28-15-11-16-7-8-17(12-15)33(16)10-5-9-25/h4,6,13-17H,2,5,7-8,10-12H2,1,3H3,(H,27,34)(H3,28,29,30,31,32)/b6-4-/t15-,16-,17+. The van der Waals surface area contributed by atoms with Crippen LogP contribution in [0.3, 0.4) is 0 Å². The number of amides is 1. The van der Waals surface area contributed by atoms with Crippen molar-refractivity contribution >= 4 is 41.8 Å². The van der Waals surface area contributed by atoms with E-state index in [-0.39, 0.29) is 11.9 Å². The number of rotatable bonds is 9. The molecule has 2 bridgehead atoms. The van der Waals surface area contributed by atoms with E-state index < -0.39 is 0 Å². The molecule has 0 unspecified atom stereocenters. The summed E-state index contributed by atoms with van der Waals surface area (Å²) in [5.74, 6) is 1.53. The molecule has 2 fully saturated rings. The third-order valence-electron chi connectivity index (χ3n) is 6.55. The number of hydrogen-bond donors (Lipinski definition) is 4. The zero-order valence-electron chi connectivity index (χ0n) is 19.6. The lowest BCUT2D eigenvalue weighted by Gasteiger charge is -2.39. The molecule has 10 nitrogen and oxygen atoms in total. The van der Waals surface area contributed by atoms with Gasteiger partial charge in [-0.25, -0.2) is 4.98 Å². The number of carbonyl (C=O) groups excluding carboxylic acids is 1. The topological polar surface area (TPSA) is 134 Å². The van der Waals surface area contributed by atoms with Crippen LogP contribution in [0.2, 0.25) is 0 Å². The zero-order valence-corrected chi connectivity index (χ0v) is 19.6. The monoisotopic (exact) mass is 461 g/mol. The van der Waals surface area contributed by atoms with Crippen molar-refractivity contribution in [3.05, 3.63) is 29.5 Å². The van der Waals surface area contributed by atoms with Crippen LogP contribution in [-0.2, 0) is 0 Å². The number of hydrogen-bond acceptors (Lipinski definition) is 8. The maximum atomic E-state index is 11.8. The summed E-state index contributed by atoms with van der Waals surface area (Å²) in [4.78, 5) is 23.4. The molecule has 4 rings (SSSR count). The minimum absolute atomic E-state index is 0.247. The van der Waals surface area contributed by atoms with Gasteiger partial charge in [0.25, 0.3) is 5.91 Å². The predicted molar refractivity (Wildman–Crippen MR) is 134 cm³/mol. The Balaban J connectivity index is 1.56. The summed E-state index contributed by atoms with van der Waals surface area (Å²) in [6.45, 7) is 6.56. The van der Waals surface area contributed by atoms with Crippen molar-refractivity contribution in [2.24, 2.45) is 4.99 Å². The number of allylic oxidation sites excluding steroid dienone is 1. The fraction of sp³-hybridized carbons (Fsp3) is 0.458. The molecule has 4 heterocycles. The maximum absolute atomic E-state index is 11.8. The van der Waals surface area contributed by atoms with E-state index in [9.17, 15) is 4.79 Å². The number of H-pyrrole nitrogens is 1. The molecule has 34 heavy (non-hydrogen) atoms. The van der Waals surface area contributed by atoms with Crippen LogP contribution in [0.5, 0.6) is 0 Å². The summed E-state index contributed by atoms with van der Waals surface area (Å²) in [7, 11) is 1.57. The number of fused-ring (bicyclic) bond motifs is 2. The number of nitriles is 1. The van der Waals surface area contributed by atoms with Gasteiger partial charge in [0.1, 0.15) is 17.3 Å². The fourth-order valence-electron chi connectivity index (χ4n) is 5.07. The number of aliphatic imine (C=N–C) groups is 1. The van der Waals surface area contributed by atoms with Gasteiger partial charge in [0, 0.05) is 55.8 Å². The average Bonchev–Trinajstić information content (AvgIpc) is 3.39. The third kappa shape index (κ3) is 4.94. The molecule has 10 heteroatoms. The van der Waals surface area contributed by atoms with Gasteiger partial charge in [-0.15, -0.1) is 0 Å². The smallest absolute Gasteiger partial charge is 0.269 e. The summed E-state index contributed by atoms with van der Waals surface area (Å²) < 4.78 is 0. The molecule has 4 N–H and O–H groups in total. The molecule has 3 atom stereocenters. The van der Waals surface area contributed by atoms with E-state index in [0.717, 1.165) is 30.8 Å². The van der Waals surface area contributed by atoms with Gasteiger partial charge in [0.2, 0.25) is 0 Å². The van der Waals surface area contributed by atoms with Crippen LogP contribution in [0.15, 0.2) is 23.2 Å². The van der Waals surface area contributed by atoms with Gasteiger partial charge in [-0.1, -0.05) is 12.2 Å². The molecule has 0 saturated carbocycles. The van der Waals surface area contributed by atoms with Crippen molar-refractivity contribution < 1.29 is 4.79 Å². The first-order chi connectivity index (χ1) is 16.6. The Hall–Kier alpha value is -3.71. The fourth-order valence-corrected chi connectivity index (χ4v) is 5.07. The Morgan fingerprint density at radius 3 is 2.76 bits per heavy atom. The van der Waals surface area contributed by atoms with Gasteiger partial charge in [-0.2, -0.15) is 10.4 Å². The number of nitrogens with zero attached hydrogens (tertiary/aromatic N) is 5. The van der Waals surface area contributed by atoms with Crippen LogP contribution in [0, 0.1) is 11.3 Å². The van der Waals surface area contributed by atoms with Crippen molar-refractivity contribution in [3.63, 3.8) is 0 Å². The van der Waals surface area contributed by atoms with Crippen molar-refractivity contribution in [1.82, 2.24) is 25.4 Å². The van der Waals surface area contributed by atoms with Gasteiger partial charge in [-0.05, 0) is 39.3 Å². The third-order valence-corrected chi connectivity index (χ3v) is 6.55. The van der Waals surface area contributed by atoms with Crippen LogP contribution < -0.4 is 16.0 Å². The molecule has 2 aliphatic heterocycles. The number of nitrogens with one attached hydrogen (secondary N) is 4. The number of aromatic nitrogens is 3. The Morgan fingerprint density at radius 1 is 1.35 bits per heavy atom. The second-order valence-electron chi connectivity index (χ2n) is 8.66. The van der Waals surface area contributed by atoms with Gasteiger partial charge in [0.15, 0.2) is 5.82 Å². The summed E-state index contributed by atoms with van der Waals surface area (Å²) >= 11 is 0. The summed E-state index contributed by atoms with van der Waals surface area (Å²) in [6, 6.07) is 7.01. The molecule has 0 radical (unpaired) electrons. The summed E-state index contributed by atoms with van der Waals surface area (Å²) in [5, 5.41) is 25.3. The molecule has 2 aromatic rings. The first-order valence-corrected chi connectivity index (χ1v) is 11.6. The van der Waals surface area contributed by atoms with E-state index in [1.54, 1.807) is 13.1 Å². The van der Waals surface area contributed by atoms with E-state index in [4.69, 9.17) is 10.2 Å². The van der Waals surface area contributed by atoms with Crippen LogP contribution in [-0.4, -0.2) is 64.4 Å². The number of pyridine rings is 1. The number of anilines is 3. The Labute approximate surface area is 199 Å². The van der Waals surface area contributed by atoms with Crippen LogP contribution >= 0.6 is 0 Å². The highest BCUT2D eigenvalue weighted by Crippen LogP contribution is 2.38. The molecule has 178 valence electrons. The summed E-state index contributed by atoms with van der Waals surface area (Å²) in [5.41, 5.74) is 1.94. The van der Waals surface area contributed by atoms with Crippen molar-refractivity contribution in [2.45, 2.75) is 57.2 Å². The normalized spacial score (nSPS) is 21.9. The van der Waals surface area contributed by atoms with E-state index in [1.807, 2.05) is 25.1 Å². The van der Waals surface area contributed by atoms with E-state index in [1.165, 1.54) is 12.8 Å². The molecular formula is C24H31N9O. The van der Waals surface area contributed by atoms with E-state index in [0.29, 0.717) is 41.5 Å². The molecule has 2 aromatic heterocycles. The second kappa shape index (κ2) is 10.5. The minimum atomic E-state index is -0.247. The van der Waals surface area contributed by atoms with Gasteiger partial charge in [-0.3, -0.25) is 19.8 Å². The van der Waals surface area contributed by atoms with Crippen molar-refractivity contribution in [3.8, 4) is 6.07 Å². The number of aromatic amines is 1. The number of piperidine rings is 1. The molecular weight excluding hydrogens is 430 g/mol. The SMILES string of the molecule is C=Nc1cc(Nc2cc(C(=O)NC)[nH]n2)nc(N[C@@H]2C[C@H]3CC[C@@H](C2)N3CCC#N)c1/C=C\C. The van der Waals surface area contributed by atoms with Crippen LogP contribution in [0.4, 0.5) is 23.1 Å². The largest absolute Gasteiger partial charge is 0.367 e. The van der Waals surface area contributed by atoms with Crippen LogP contribution in [0.25, 0.3) is 6.08 Å². The highest BCUT2D eigenvalue weighted by molar-refractivity contribution is 5.93. The zero-order chi connectivity index (χ0) is 24.1. The Bertz CT molecular complexity index is 1100. The second-order valence-corrected chi connectivity index (χ2v) is 8.66. The Kier molecular flexibility index (Phi) is 7.23. The lowest BCUT2D eigenvalue weighted by molar-refractivity contribution is 0.0958. The summed E-state index contributed by atoms with van der Waals surface area (Å²) in [6.07, 6.45) is 8.91. The quantitative estimate of drug-likeness (QED) is 0.419. The van der Waals surface area contributed by atoms with Crippen LogP contribution in [0.1, 0.15) is 55.1 Å².